The fraction of sp³-hybridized carbons (Fsp3) is 0.375. The summed E-state index contributed by atoms with van der Waals surface area (Å²) in [5.74, 6) is -0.665. The second-order valence-electron chi connectivity index (χ2n) is 11.4. The number of hydrogen-bond donors (Lipinski definition) is 0. The SMILES string of the molecule is CC(=O)N1CCN(C(=O)/C=C/c2ccc(Sc3ccc(/C=C/C(=O)N4CCN(C(C)=O)C(C)C4)cc3[N+](=O)[O-])c([N+](=O)[O-])c2)CC1C. The molecule has 47 heavy (non-hydrogen) atoms. The summed E-state index contributed by atoms with van der Waals surface area (Å²) in [5.41, 5.74) is 0.246. The highest BCUT2D eigenvalue weighted by molar-refractivity contribution is 7.99. The molecule has 2 aliphatic rings. The van der Waals surface area contributed by atoms with Crippen molar-refractivity contribution >= 4 is 58.9 Å². The molecule has 2 aromatic rings. The van der Waals surface area contributed by atoms with Gasteiger partial charge >= 0.3 is 0 Å². The van der Waals surface area contributed by atoms with E-state index in [-0.39, 0.29) is 56.9 Å². The third kappa shape index (κ3) is 8.61. The zero-order valence-corrected chi connectivity index (χ0v) is 27.3. The number of hydrogen-bond acceptors (Lipinski definition) is 9. The average Bonchev–Trinajstić information content (AvgIpc) is 3.02. The third-order valence-corrected chi connectivity index (χ3v) is 9.23. The van der Waals surface area contributed by atoms with Gasteiger partial charge in [-0.05, 0) is 49.3 Å². The van der Waals surface area contributed by atoms with Crippen LogP contribution in [0.15, 0.2) is 58.3 Å². The maximum atomic E-state index is 12.8. The van der Waals surface area contributed by atoms with Gasteiger partial charge in [-0.1, -0.05) is 23.9 Å². The molecule has 2 aliphatic heterocycles. The van der Waals surface area contributed by atoms with E-state index in [4.69, 9.17) is 0 Å². The first-order valence-electron chi connectivity index (χ1n) is 15.0. The Morgan fingerprint density at radius 1 is 0.702 bits per heavy atom. The Balaban J connectivity index is 1.46. The molecule has 0 aliphatic carbocycles. The van der Waals surface area contributed by atoms with Crippen LogP contribution in [0.2, 0.25) is 0 Å². The Morgan fingerprint density at radius 3 is 1.40 bits per heavy atom. The van der Waals surface area contributed by atoms with Crippen molar-refractivity contribution in [3.05, 3.63) is 79.9 Å². The van der Waals surface area contributed by atoms with Crippen LogP contribution in [0.5, 0.6) is 0 Å². The molecular formula is C32H36N6O8S. The fourth-order valence-corrected chi connectivity index (χ4v) is 6.63. The standard InChI is InChI=1S/C32H36N6O8S/c1-21-19-33(13-15-35(21)23(3)39)31(41)11-7-25-5-9-29(27(17-25)37(43)44)47-30-10-6-26(18-28(30)38(45)46)8-12-32(42)34-14-16-36(24(4)40)22(2)20-34/h5-12,17-18,21-22H,13-16,19-20H2,1-4H3/b11-7+,12-8+. The summed E-state index contributed by atoms with van der Waals surface area (Å²) in [6.07, 6.45) is 5.61. The van der Waals surface area contributed by atoms with Crippen molar-refractivity contribution in [2.45, 2.75) is 49.6 Å². The van der Waals surface area contributed by atoms with Gasteiger partial charge in [0.05, 0.1) is 19.6 Å². The van der Waals surface area contributed by atoms with Crippen molar-refractivity contribution < 1.29 is 29.0 Å². The highest BCUT2D eigenvalue weighted by atomic mass is 32.2. The summed E-state index contributed by atoms with van der Waals surface area (Å²) in [7, 11) is 0. The lowest BCUT2D eigenvalue weighted by Gasteiger charge is -2.39. The Bertz CT molecular complexity index is 1540. The van der Waals surface area contributed by atoms with Crippen molar-refractivity contribution in [1.29, 1.82) is 0 Å². The van der Waals surface area contributed by atoms with Crippen LogP contribution < -0.4 is 0 Å². The van der Waals surface area contributed by atoms with E-state index >= 15 is 0 Å². The Morgan fingerprint density at radius 2 is 1.09 bits per heavy atom. The summed E-state index contributed by atoms with van der Waals surface area (Å²) in [6, 6.07) is 8.47. The molecule has 2 saturated heterocycles. The van der Waals surface area contributed by atoms with Crippen LogP contribution in [0.3, 0.4) is 0 Å². The van der Waals surface area contributed by atoms with Gasteiger partial charge in [0.1, 0.15) is 0 Å². The predicted molar refractivity (Wildman–Crippen MR) is 175 cm³/mol. The van der Waals surface area contributed by atoms with Crippen LogP contribution >= 0.6 is 11.8 Å². The van der Waals surface area contributed by atoms with Gasteiger partial charge in [0.25, 0.3) is 11.4 Å². The molecule has 2 fully saturated rings. The Labute approximate surface area is 276 Å². The molecule has 0 radical (unpaired) electrons. The second-order valence-corrected chi connectivity index (χ2v) is 12.5. The van der Waals surface area contributed by atoms with Gasteiger partial charge in [-0.2, -0.15) is 0 Å². The van der Waals surface area contributed by atoms with Crippen molar-refractivity contribution in [3.63, 3.8) is 0 Å². The van der Waals surface area contributed by atoms with Gasteiger partial charge in [-0.25, -0.2) is 0 Å². The number of carbonyl (C=O) groups excluding carboxylic acids is 4. The van der Waals surface area contributed by atoms with Gasteiger partial charge in [0.15, 0.2) is 0 Å². The number of benzene rings is 2. The number of nitro groups is 2. The molecule has 0 bridgehead atoms. The first-order valence-corrected chi connectivity index (χ1v) is 15.8. The van der Waals surface area contributed by atoms with Crippen molar-refractivity contribution in [1.82, 2.24) is 19.6 Å². The fourth-order valence-electron chi connectivity index (χ4n) is 5.65. The third-order valence-electron chi connectivity index (χ3n) is 8.10. The molecule has 0 spiro atoms. The number of carbonyl (C=O) groups is 4. The van der Waals surface area contributed by atoms with E-state index in [0.29, 0.717) is 50.4 Å². The second kappa shape index (κ2) is 15.0. The quantitative estimate of drug-likeness (QED) is 0.231. The number of amides is 4. The molecular weight excluding hydrogens is 628 g/mol. The van der Waals surface area contributed by atoms with Crippen LogP contribution in [0.25, 0.3) is 12.2 Å². The number of nitrogens with zero attached hydrogens (tertiary/aromatic N) is 6. The molecule has 0 saturated carbocycles. The summed E-state index contributed by atoms with van der Waals surface area (Å²) in [6.45, 7) is 9.07. The molecule has 2 atom stereocenters. The average molecular weight is 665 g/mol. The number of piperazine rings is 2. The predicted octanol–water partition coefficient (Wildman–Crippen LogP) is 3.84. The lowest BCUT2D eigenvalue weighted by atomic mass is 10.1. The smallest absolute Gasteiger partial charge is 0.283 e. The van der Waals surface area contributed by atoms with Crippen LogP contribution in [0.4, 0.5) is 11.4 Å². The summed E-state index contributed by atoms with van der Waals surface area (Å²) >= 11 is 0.868. The van der Waals surface area contributed by atoms with Crippen LogP contribution in [-0.2, 0) is 19.2 Å². The molecule has 14 nitrogen and oxygen atoms in total. The van der Waals surface area contributed by atoms with Crippen molar-refractivity contribution in [2.75, 3.05) is 39.3 Å². The van der Waals surface area contributed by atoms with Crippen LogP contribution in [0.1, 0.15) is 38.8 Å². The minimum absolute atomic E-state index is 0.0528. The number of rotatable bonds is 8. The van der Waals surface area contributed by atoms with E-state index in [0.717, 1.165) is 11.8 Å². The monoisotopic (exact) mass is 664 g/mol. The van der Waals surface area contributed by atoms with E-state index in [1.54, 1.807) is 31.7 Å². The molecule has 0 aromatic heterocycles. The molecule has 0 N–H and O–H groups in total. The molecule has 4 rings (SSSR count). The Hall–Kier alpha value is -5.05. The normalized spacial score (nSPS) is 18.6. The molecule has 2 unspecified atom stereocenters. The van der Waals surface area contributed by atoms with Crippen LogP contribution in [-0.4, -0.2) is 104 Å². The van der Waals surface area contributed by atoms with Gasteiger partial charge < -0.3 is 19.6 Å². The molecule has 15 heteroatoms. The lowest BCUT2D eigenvalue weighted by molar-refractivity contribution is -0.388. The van der Waals surface area contributed by atoms with E-state index in [2.05, 4.69) is 0 Å². The molecule has 4 amide bonds. The lowest BCUT2D eigenvalue weighted by Crippen LogP contribution is -2.54. The molecule has 2 aromatic carbocycles. The van der Waals surface area contributed by atoms with E-state index in [9.17, 15) is 39.4 Å². The van der Waals surface area contributed by atoms with E-state index in [1.807, 2.05) is 13.8 Å². The maximum absolute atomic E-state index is 12.8. The zero-order chi connectivity index (χ0) is 34.4. The van der Waals surface area contributed by atoms with E-state index < -0.39 is 9.85 Å². The highest BCUT2D eigenvalue weighted by Crippen LogP contribution is 2.40. The largest absolute Gasteiger partial charge is 0.337 e. The first-order chi connectivity index (χ1) is 22.2. The number of nitro benzene ring substituents is 2. The van der Waals surface area contributed by atoms with Crippen molar-refractivity contribution in [2.24, 2.45) is 0 Å². The molecule has 2 heterocycles. The van der Waals surface area contributed by atoms with Gasteiger partial charge in [-0.3, -0.25) is 39.4 Å². The summed E-state index contributed by atoms with van der Waals surface area (Å²) < 4.78 is 0. The van der Waals surface area contributed by atoms with Crippen LogP contribution in [0, 0.1) is 20.2 Å². The topological polar surface area (TPSA) is 168 Å². The highest BCUT2D eigenvalue weighted by Gasteiger charge is 2.28. The van der Waals surface area contributed by atoms with E-state index in [1.165, 1.54) is 62.4 Å². The molecule has 248 valence electrons. The maximum Gasteiger partial charge on any atom is 0.283 e. The van der Waals surface area contributed by atoms with Gasteiger partial charge in [0.2, 0.25) is 23.6 Å². The van der Waals surface area contributed by atoms with Gasteiger partial charge in [-0.15, -0.1) is 0 Å². The van der Waals surface area contributed by atoms with Crippen molar-refractivity contribution in [3.8, 4) is 0 Å². The summed E-state index contributed by atoms with van der Waals surface area (Å²) in [4.78, 5) is 78.7. The first kappa shape index (κ1) is 34.8. The minimum Gasteiger partial charge on any atom is -0.337 e. The minimum atomic E-state index is -0.588. The zero-order valence-electron chi connectivity index (χ0n) is 26.5. The van der Waals surface area contributed by atoms with Gasteiger partial charge in [0, 0.05) is 89.5 Å². The summed E-state index contributed by atoms with van der Waals surface area (Å²) in [5, 5.41) is 23.9. The Kier molecular flexibility index (Phi) is 11.1.